The van der Waals surface area contributed by atoms with Crippen molar-refractivity contribution in [3.8, 4) is 11.5 Å². The SMILES string of the molecule is CCOc1cc(C=C2C(=O)c3ccccc3C2=O)cc(Cl)c1OCc1ccc(F)cc1. The predicted molar refractivity (Wildman–Crippen MR) is 116 cm³/mol. The van der Waals surface area contributed by atoms with Crippen LogP contribution in [0.4, 0.5) is 4.39 Å². The third-order valence-electron chi connectivity index (χ3n) is 4.84. The molecule has 0 saturated carbocycles. The fourth-order valence-corrected chi connectivity index (χ4v) is 3.65. The standard InChI is InChI=1S/C25H18ClFO4/c1-2-30-22-13-16(11-20-23(28)18-5-3-4-6-19(18)24(20)29)12-21(26)25(22)31-14-15-7-9-17(27)10-8-15/h3-13H,2,14H2,1H3. The van der Waals surface area contributed by atoms with E-state index < -0.39 is 0 Å². The van der Waals surface area contributed by atoms with Crippen molar-refractivity contribution in [2.24, 2.45) is 0 Å². The van der Waals surface area contributed by atoms with Crippen LogP contribution in [0.15, 0.2) is 66.2 Å². The lowest BCUT2D eigenvalue weighted by Gasteiger charge is -2.15. The van der Waals surface area contributed by atoms with E-state index >= 15 is 0 Å². The van der Waals surface area contributed by atoms with Crippen molar-refractivity contribution in [1.29, 1.82) is 0 Å². The normalized spacial score (nSPS) is 12.7. The summed E-state index contributed by atoms with van der Waals surface area (Å²) in [5.74, 6) is -0.230. The molecule has 0 heterocycles. The molecular weight excluding hydrogens is 419 g/mol. The topological polar surface area (TPSA) is 52.6 Å². The number of ketones is 2. The summed E-state index contributed by atoms with van der Waals surface area (Å²) in [7, 11) is 0. The van der Waals surface area contributed by atoms with Gasteiger partial charge in [0.1, 0.15) is 12.4 Å². The van der Waals surface area contributed by atoms with Gasteiger partial charge in [-0.1, -0.05) is 48.0 Å². The highest BCUT2D eigenvalue weighted by Crippen LogP contribution is 2.38. The first-order valence-electron chi connectivity index (χ1n) is 9.71. The minimum Gasteiger partial charge on any atom is -0.490 e. The van der Waals surface area contributed by atoms with E-state index in [4.69, 9.17) is 21.1 Å². The molecule has 0 spiro atoms. The maximum absolute atomic E-state index is 13.1. The third-order valence-corrected chi connectivity index (χ3v) is 5.13. The number of carbonyl (C=O) groups excluding carboxylic acids is 2. The molecule has 0 bridgehead atoms. The molecule has 0 aromatic heterocycles. The second kappa shape index (κ2) is 8.74. The van der Waals surface area contributed by atoms with Crippen LogP contribution < -0.4 is 9.47 Å². The molecule has 0 aliphatic heterocycles. The van der Waals surface area contributed by atoms with E-state index in [1.54, 1.807) is 48.5 Å². The highest BCUT2D eigenvalue weighted by atomic mass is 35.5. The fraction of sp³-hybridized carbons (Fsp3) is 0.120. The molecule has 0 amide bonds. The third kappa shape index (κ3) is 4.23. The minimum atomic E-state index is -0.327. The molecule has 31 heavy (non-hydrogen) atoms. The molecule has 0 unspecified atom stereocenters. The number of Topliss-reactive ketones (excluding diaryl/α,β-unsaturated/α-hetero) is 2. The molecule has 1 aliphatic carbocycles. The molecule has 4 rings (SSSR count). The second-order valence-corrected chi connectivity index (χ2v) is 7.35. The number of halogens is 2. The zero-order valence-electron chi connectivity index (χ0n) is 16.7. The van der Waals surface area contributed by atoms with Crippen molar-refractivity contribution in [2.75, 3.05) is 6.61 Å². The number of ether oxygens (including phenoxy) is 2. The summed E-state index contributed by atoms with van der Waals surface area (Å²) in [4.78, 5) is 25.3. The monoisotopic (exact) mass is 436 g/mol. The smallest absolute Gasteiger partial charge is 0.197 e. The average molecular weight is 437 g/mol. The van der Waals surface area contributed by atoms with Crippen LogP contribution in [-0.4, -0.2) is 18.2 Å². The van der Waals surface area contributed by atoms with Gasteiger partial charge in [-0.3, -0.25) is 9.59 Å². The van der Waals surface area contributed by atoms with Crippen LogP contribution in [0.1, 0.15) is 38.8 Å². The van der Waals surface area contributed by atoms with E-state index in [0.717, 1.165) is 5.56 Å². The molecule has 0 saturated heterocycles. The van der Waals surface area contributed by atoms with Crippen molar-refractivity contribution in [3.63, 3.8) is 0 Å². The molecule has 3 aromatic rings. The van der Waals surface area contributed by atoms with E-state index in [9.17, 15) is 14.0 Å². The maximum atomic E-state index is 13.1. The van der Waals surface area contributed by atoms with E-state index in [1.165, 1.54) is 18.2 Å². The minimum absolute atomic E-state index is 0.0831. The Kier molecular flexibility index (Phi) is 5.87. The van der Waals surface area contributed by atoms with Crippen molar-refractivity contribution >= 4 is 29.2 Å². The number of hydrogen-bond donors (Lipinski definition) is 0. The van der Waals surface area contributed by atoms with Gasteiger partial charge in [0, 0.05) is 11.1 Å². The Morgan fingerprint density at radius 1 is 0.935 bits per heavy atom. The maximum Gasteiger partial charge on any atom is 0.197 e. The molecule has 0 fully saturated rings. The lowest BCUT2D eigenvalue weighted by molar-refractivity contribution is 0.0990. The van der Waals surface area contributed by atoms with Crippen molar-refractivity contribution in [1.82, 2.24) is 0 Å². The molecular formula is C25H18ClFO4. The number of hydrogen-bond acceptors (Lipinski definition) is 4. The van der Waals surface area contributed by atoms with Crippen LogP contribution >= 0.6 is 11.6 Å². The Labute approximate surface area is 183 Å². The lowest BCUT2D eigenvalue weighted by Crippen LogP contribution is -2.02. The average Bonchev–Trinajstić information content (AvgIpc) is 3.00. The van der Waals surface area contributed by atoms with Crippen LogP contribution in [0, 0.1) is 5.82 Å². The van der Waals surface area contributed by atoms with Crippen LogP contribution in [0.3, 0.4) is 0 Å². The summed E-state index contributed by atoms with van der Waals surface area (Å²) in [6.45, 7) is 2.36. The summed E-state index contributed by atoms with van der Waals surface area (Å²) in [5.41, 5.74) is 2.20. The van der Waals surface area contributed by atoms with Crippen molar-refractivity contribution < 1.29 is 23.5 Å². The van der Waals surface area contributed by atoms with Gasteiger partial charge in [-0.25, -0.2) is 4.39 Å². The number of carbonyl (C=O) groups is 2. The Hall–Kier alpha value is -3.44. The Balaban J connectivity index is 1.64. The highest BCUT2D eigenvalue weighted by molar-refractivity contribution is 6.41. The summed E-state index contributed by atoms with van der Waals surface area (Å²) >= 11 is 6.45. The first-order chi connectivity index (χ1) is 15.0. The van der Waals surface area contributed by atoms with E-state index in [1.807, 2.05) is 6.92 Å². The van der Waals surface area contributed by atoms with Crippen molar-refractivity contribution in [2.45, 2.75) is 13.5 Å². The Morgan fingerprint density at radius 2 is 1.58 bits per heavy atom. The molecule has 6 heteroatoms. The first kappa shape index (κ1) is 20.8. The van der Waals surface area contributed by atoms with E-state index in [2.05, 4.69) is 0 Å². The molecule has 1 aliphatic rings. The number of fused-ring (bicyclic) bond motifs is 1. The number of rotatable bonds is 6. The van der Waals surface area contributed by atoms with Crippen LogP contribution in [0.5, 0.6) is 11.5 Å². The van der Waals surface area contributed by atoms with Gasteiger partial charge in [0.2, 0.25) is 0 Å². The second-order valence-electron chi connectivity index (χ2n) is 6.94. The molecule has 156 valence electrons. The van der Waals surface area contributed by atoms with Gasteiger partial charge in [0.15, 0.2) is 23.1 Å². The van der Waals surface area contributed by atoms with E-state index in [-0.39, 0.29) is 34.6 Å². The van der Waals surface area contributed by atoms with Crippen LogP contribution in [-0.2, 0) is 6.61 Å². The quantitative estimate of drug-likeness (QED) is 0.355. The predicted octanol–water partition coefficient (Wildman–Crippen LogP) is 5.92. The Bertz CT molecular complexity index is 1160. The first-order valence-corrected chi connectivity index (χ1v) is 10.1. The van der Waals surface area contributed by atoms with Gasteiger partial charge in [0.05, 0.1) is 17.2 Å². The zero-order chi connectivity index (χ0) is 22.0. The largest absolute Gasteiger partial charge is 0.490 e. The molecule has 4 nitrogen and oxygen atoms in total. The van der Waals surface area contributed by atoms with Crippen LogP contribution in [0.25, 0.3) is 6.08 Å². The zero-order valence-corrected chi connectivity index (χ0v) is 17.4. The Morgan fingerprint density at radius 3 is 2.19 bits per heavy atom. The van der Waals surface area contributed by atoms with Gasteiger partial charge in [0.25, 0.3) is 0 Å². The fourth-order valence-electron chi connectivity index (χ4n) is 3.38. The van der Waals surface area contributed by atoms with Gasteiger partial charge in [-0.05, 0) is 48.4 Å². The summed E-state index contributed by atoms with van der Waals surface area (Å²) in [5, 5.41) is 0.273. The lowest BCUT2D eigenvalue weighted by atomic mass is 10.1. The summed E-state index contributed by atoms with van der Waals surface area (Å²) < 4.78 is 24.6. The van der Waals surface area contributed by atoms with Crippen LogP contribution in [0.2, 0.25) is 5.02 Å². The summed E-state index contributed by atoms with van der Waals surface area (Å²) in [6, 6.07) is 16.0. The van der Waals surface area contributed by atoms with Crippen molar-refractivity contribution in [3.05, 3.63) is 99.3 Å². The molecule has 0 atom stereocenters. The molecule has 3 aromatic carbocycles. The number of benzene rings is 3. The highest BCUT2D eigenvalue weighted by Gasteiger charge is 2.32. The van der Waals surface area contributed by atoms with Gasteiger partial charge in [-0.2, -0.15) is 0 Å². The van der Waals surface area contributed by atoms with Gasteiger partial charge in [-0.15, -0.1) is 0 Å². The van der Waals surface area contributed by atoms with Gasteiger partial charge < -0.3 is 9.47 Å². The molecule has 0 radical (unpaired) electrons. The van der Waals surface area contributed by atoms with E-state index in [0.29, 0.717) is 34.8 Å². The summed E-state index contributed by atoms with van der Waals surface area (Å²) in [6.07, 6.45) is 1.52. The van der Waals surface area contributed by atoms with Gasteiger partial charge >= 0.3 is 0 Å². The molecule has 0 N–H and O–H groups in total. The number of allylic oxidation sites excluding steroid dienone is 1.